The smallest absolute Gasteiger partial charge is 0.272 e. The maximum Gasteiger partial charge on any atom is 0.272 e. The number of likely N-dealkylation sites (tertiary alicyclic amines) is 1. The van der Waals surface area contributed by atoms with Crippen molar-refractivity contribution in [3.05, 3.63) is 59.4 Å². The molecule has 0 unspecified atom stereocenters. The van der Waals surface area contributed by atoms with Crippen molar-refractivity contribution in [1.29, 1.82) is 0 Å². The molecule has 6 heteroatoms. The number of aromatic nitrogens is 1. The maximum atomic E-state index is 12.7. The average molecular weight is 367 g/mol. The summed E-state index contributed by atoms with van der Waals surface area (Å²) in [5, 5.41) is 3.35. The normalized spacial score (nSPS) is 18.6. The third-order valence-electron chi connectivity index (χ3n) is 5.19. The van der Waals surface area contributed by atoms with Crippen LogP contribution in [0.4, 0.5) is 5.69 Å². The molecule has 1 spiro atoms. The number of carbonyl (C=O) groups excluding carboxylic acids is 1. The molecule has 1 N–H and O–H groups in total. The Bertz CT molecular complexity index is 791. The Morgan fingerprint density at radius 3 is 2.63 bits per heavy atom. The second-order valence-corrected chi connectivity index (χ2v) is 7.17. The molecule has 27 heavy (non-hydrogen) atoms. The SMILES string of the molecule is Cc1cccc(CNc2ccc(C(=O)N3CCC4(CC3)OCCO4)nc2)c1. The molecule has 1 aromatic carbocycles. The van der Waals surface area contributed by atoms with Gasteiger partial charge in [0.25, 0.3) is 5.91 Å². The van der Waals surface area contributed by atoms with Gasteiger partial charge in [-0.3, -0.25) is 4.79 Å². The van der Waals surface area contributed by atoms with E-state index in [1.807, 2.05) is 11.0 Å². The van der Waals surface area contributed by atoms with E-state index in [2.05, 4.69) is 41.5 Å². The third-order valence-corrected chi connectivity index (χ3v) is 5.19. The van der Waals surface area contributed by atoms with E-state index in [9.17, 15) is 4.79 Å². The van der Waals surface area contributed by atoms with Crippen LogP contribution in [0.25, 0.3) is 0 Å². The first-order valence-electron chi connectivity index (χ1n) is 9.46. The van der Waals surface area contributed by atoms with Crippen molar-refractivity contribution in [2.45, 2.75) is 32.1 Å². The highest BCUT2D eigenvalue weighted by molar-refractivity contribution is 5.92. The molecule has 6 nitrogen and oxygen atoms in total. The van der Waals surface area contributed by atoms with Gasteiger partial charge in [0, 0.05) is 32.5 Å². The number of nitrogens with zero attached hydrogens (tertiary/aromatic N) is 2. The zero-order chi connectivity index (χ0) is 18.7. The molecular formula is C21H25N3O3. The summed E-state index contributed by atoms with van der Waals surface area (Å²) >= 11 is 0. The first-order valence-corrected chi connectivity index (χ1v) is 9.46. The van der Waals surface area contributed by atoms with Gasteiger partial charge in [-0.1, -0.05) is 29.8 Å². The fourth-order valence-electron chi connectivity index (χ4n) is 3.65. The van der Waals surface area contributed by atoms with Crippen molar-refractivity contribution in [1.82, 2.24) is 9.88 Å². The van der Waals surface area contributed by atoms with Crippen LogP contribution in [0.3, 0.4) is 0 Å². The van der Waals surface area contributed by atoms with E-state index in [1.165, 1.54) is 11.1 Å². The predicted molar refractivity (Wildman–Crippen MR) is 103 cm³/mol. The summed E-state index contributed by atoms with van der Waals surface area (Å²) in [6.45, 7) is 5.37. The first kappa shape index (κ1) is 17.9. The molecule has 0 radical (unpaired) electrons. The van der Waals surface area contributed by atoms with E-state index in [-0.39, 0.29) is 5.91 Å². The molecule has 2 aliphatic heterocycles. The largest absolute Gasteiger partial charge is 0.380 e. The molecule has 4 rings (SSSR count). The van der Waals surface area contributed by atoms with Gasteiger partial charge in [-0.2, -0.15) is 0 Å². The van der Waals surface area contributed by atoms with Crippen molar-refractivity contribution in [3.63, 3.8) is 0 Å². The van der Waals surface area contributed by atoms with E-state index >= 15 is 0 Å². The minimum atomic E-state index is -0.465. The fraction of sp³-hybridized carbons (Fsp3) is 0.429. The number of rotatable bonds is 4. The number of hydrogen-bond donors (Lipinski definition) is 1. The van der Waals surface area contributed by atoms with Crippen molar-refractivity contribution >= 4 is 11.6 Å². The summed E-state index contributed by atoms with van der Waals surface area (Å²) in [6.07, 6.45) is 3.15. The van der Waals surface area contributed by atoms with Crippen molar-refractivity contribution in [2.75, 3.05) is 31.6 Å². The second kappa shape index (κ2) is 7.66. The number of pyridine rings is 1. The third kappa shape index (κ3) is 4.12. The molecule has 0 atom stereocenters. The Balaban J connectivity index is 1.32. The van der Waals surface area contributed by atoms with Gasteiger partial charge in [-0.05, 0) is 24.6 Å². The summed E-state index contributed by atoms with van der Waals surface area (Å²) in [6, 6.07) is 12.1. The van der Waals surface area contributed by atoms with E-state index < -0.39 is 5.79 Å². The van der Waals surface area contributed by atoms with Crippen LogP contribution < -0.4 is 5.32 Å². The van der Waals surface area contributed by atoms with Gasteiger partial charge >= 0.3 is 0 Å². The summed E-state index contributed by atoms with van der Waals surface area (Å²) < 4.78 is 11.4. The second-order valence-electron chi connectivity index (χ2n) is 7.17. The molecule has 0 aliphatic carbocycles. The number of carbonyl (C=O) groups is 1. The molecule has 2 aromatic rings. The van der Waals surface area contributed by atoms with Crippen molar-refractivity contribution < 1.29 is 14.3 Å². The Morgan fingerprint density at radius 1 is 1.19 bits per heavy atom. The highest BCUT2D eigenvalue weighted by atomic mass is 16.7. The lowest BCUT2D eigenvalue weighted by molar-refractivity contribution is -0.181. The van der Waals surface area contributed by atoms with Gasteiger partial charge in [-0.15, -0.1) is 0 Å². The Labute approximate surface area is 159 Å². The highest BCUT2D eigenvalue weighted by Gasteiger charge is 2.40. The summed E-state index contributed by atoms with van der Waals surface area (Å²) in [4.78, 5) is 18.9. The van der Waals surface area contributed by atoms with Gasteiger partial charge in [0.1, 0.15) is 5.69 Å². The Kier molecular flexibility index (Phi) is 5.09. The summed E-state index contributed by atoms with van der Waals surface area (Å²) in [7, 11) is 0. The quantitative estimate of drug-likeness (QED) is 0.900. The van der Waals surface area contributed by atoms with Crippen LogP contribution in [0.1, 0.15) is 34.5 Å². The number of aryl methyl sites for hydroxylation is 1. The number of nitrogens with one attached hydrogen (secondary N) is 1. The zero-order valence-corrected chi connectivity index (χ0v) is 15.6. The molecule has 3 heterocycles. The van der Waals surface area contributed by atoms with Crippen LogP contribution >= 0.6 is 0 Å². The predicted octanol–water partition coefficient (Wildman–Crippen LogP) is 2.98. The highest BCUT2D eigenvalue weighted by Crippen LogP contribution is 2.31. The average Bonchev–Trinajstić information content (AvgIpc) is 3.15. The topological polar surface area (TPSA) is 63.7 Å². The van der Waals surface area contributed by atoms with E-state index in [1.54, 1.807) is 12.3 Å². The Morgan fingerprint density at radius 2 is 1.96 bits per heavy atom. The maximum absolute atomic E-state index is 12.7. The molecule has 142 valence electrons. The number of hydrogen-bond acceptors (Lipinski definition) is 5. The van der Waals surface area contributed by atoms with Crippen LogP contribution in [-0.4, -0.2) is 47.9 Å². The zero-order valence-electron chi connectivity index (χ0n) is 15.6. The monoisotopic (exact) mass is 367 g/mol. The molecular weight excluding hydrogens is 342 g/mol. The minimum absolute atomic E-state index is 0.0342. The molecule has 0 saturated carbocycles. The Hall–Kier alpha value is -2.44. The number of benzene rings is 1. The lowest BCUT2D eigenvalue weighted by Crippen LogP contribution is -2.47. The van der Waals surface area contributed by atoms with Crippen molar-refractivity contribution in [3.8, 4) is 0 Å². The number of piperidine rings is 1. The van der Waals surface area contributed by atoms with Crippen LogP contribution in [0, 0.1) is 6.92 Å². The lowest BCUT2D eigenvalue weighted by Gasteiger charge is -2.37. The molecule has 2 fully saturated rings. The summed E-state index contributed by atoms with van der Waals surface area (Å²) in [5.74, 6) is -0.499. The molecule has 2 saturated heterocycles. The minimum Gasteiger partial charge on any atom is -0.380 e. The lowest BCUT2D eigenvalue weighted by atomic mass is 10.0. The molecule has 2 aliphatic rings. The molecule has 1 amide bonds. The van der Waals surface area contributed by atoms with Crippen LogP contribution in [-0.2, 0) is 16.0 Å². The van der Waals surface area contributed by atoms with E-state index in [0.29, 0.717) is 32.0 Å². The first-order chi connectivity index (χ1) is 13.1. The molecule has 1 aromatic heterocycles. The van der Waals surface area contributed by atoms with Gasteiger partial charge in [0.15, 0.2) is 5.79 Å². The van der Waals surface area contributed by atoms with Crippen LogP contribution in [0.5, 0.6) is 0 Å². The van der Waals surface area contributed by atoms with Crippen molar-refractivity contribution in [2.24, 2.45) is 0 Å². The number of ether oxygens (including phenoxy) is 2. The van der Waals surface area contributed by atoms with E-state index in [4.69, 9.17) is 9.47 Å². The van der Waals surface area contributed by atoms with Gasteiger partial charge < -0.3 is 19.7 Å². The fourth-order valence-corrected chi connectivity index (χ4v) is 3.65. The van der Waals surface area contributed by atoms with Crippen LogP contribution in [0.15, 0.2) is 42.6 Å². The van der Waals surface area contributed by atoms with Gasteiger partial charge in [0.05, 0.1) is 25.1 Å². The number of anilines is 1. The standard InChI is InChI=1S/C21H25N3O3/c1-16-3-2-4-17(13-16)14-22-18-5-6-19(23-15-18)20(25)24-9-7-21(8-10-24)26-11-12-27-21/h2-6,13,15,22H,7-12,14H2,1H3. The van der Waals surface area contributed by atoms with E-state index in [0.717, 1.165) is 25.1 Å². The van der Waals surface area contributed by atoms with Gasteiger partial charge in [0.2, 0.25) is 0 Å². The number of amides is 1. The summed E-state index contributed by atoms with van der Waals surface area (Å²) in [5.41, 5.74) is 3.83. The molecule has 0 bridgehead atoms. The van der Waals surface area contributed by atoms with Gasteiger partial charge in [-0.25, -0.2) is 4.98 Å². The van der Waals surface area contributed by atoms with Crippen LogP contribution in [0.2, 0.25) is 0 Å².